The molecule has 0 aliphatic heterocycles. The highest BCUT2D eigenvalue weighted by molar-refractivity contribution is 4.92. The van der Waals surface area contributed by atoms with Crippen molar-refractivity contribution in [2.45, 2.75) is 51.6 Å². The van der Waals surface area contributed by atoms with E-state index < -0.39 is 0 Å². The van der Waals surface area contributed by atoms with Crippen LogP contribution >= 0.6 is 0 Å². The van der Waals surface area contributed by atoms with Gasteiger partial charge in [-0.3, -0.25) is 0 Å². The summed E-state index contributed by atoms with van der Waals surface area (Å²) in [6.07, 6.45) is 8.48. The van der Waals surface area contributed by atoms with E-state index in [0.29, 0.717) is 12.6 Å². The van der Waals surface area contributed by atoms with Crippen LogP contribution in [-0.2, 0) is 6.54 Å². The van der Waals surface area contributed by atoms with Crippen LogP contribution in [0.25, 0.3) is 0 Å². The van der Waals surface area contributed by atoms with E-state index in [9.17, 15) is 0 Å². The number of nitrogens with zero attached hydrogens (tertiary/aromatic N) is 3. The SMILES string of the molecule is CCC1CCCC(n2cc(CN)nn2)C1. The molecule has 0 aromatic carbocycles. The highest BCUT2D eigenvalue weighted by Gasteiger charge is 2.22. The molecule has 1 aliphatic carbocycles. The normalized spacial score (nSPS) is 26.8. The number of hydrogen-bond acceptors (Lipinski definition) is 3. The zero-order valence-corrected chi connectivity index (χ0v) is 9.39. The largest absolute Gasteiger partial charge is 0.325 e. The molecule has 84 valence electrons. The van der Waals surface area contributed by atoms with E-state index in [2.05, 4.69) is 17.2 Å². The van der Waals surface area contributed by atoms with E-state index in [4.69, 9.17) is 5.73 Å². The van der Waals surface area contributed by atoms with Crippen LogP contribution in [0.3, 0.4) is 0 Å². The maximum Gasteiger partial charge on any atom is 0.0962 e. The maximum absolute atomic E-state index is 5.53. The molecule has 15 heavy (non-hydrogen) atoms. The first-order valence-electron chi connectivity index (χ1n) is 5.94. The van der Waals surface area contributed by atoms with Crippen molar-refractivity contribution in [3.05, 3.63) is 11.9 Å². The van der Waals surface area contributed by atoms with E-state index in [1.54, 1.807) is 0 Å². The lowest BCUT2D eigenvalue weighted by Crippen LogP contribution is -2.19. The molecule has 0 amide bonds. The Bertz CT molecular complexity index is 307. The van der Waals surface area contributed by atoms with Gasteiger partial charge in [0.25, 0.3) is 0 Å². The van der Waals surface area contributed by atoms with Gasteiger partial charge in [0, 0.05) is 6.54 Å². The van der Waals surface area contributed by atoms with Gasteiger partial charge in [-0.1, -0.05) is 31.4 Å². The number of rotatable bonds is 3. The van der Waals surface area contributed by atoms with Gasteiger partial charge in [-0.25, -0.2) is 4.68 Å². The Morgan fingerprint density at radius 1 is 1.53 bits per heavy atom. The van der Waals surface area contributed by atoms with Gasteiger partial charge >= 0.3 is 0 Å². The molecule has 2 atom stereocenters. The molecule has 2 rings (SSSR count). The Balaban J connectivity index is 2.03. The lowest BCUT2D eigenvalue weighted by atomic mass is 9.84. The summed E-state index contributed by atoms with van der Waals surface area (Å²) in [5.41, 5.74) is 6.43. The topological polar surface area (TPSA) is 56.7 Å². The number of aromatic nitrogens is 3. The van der Waals surface area contributed by atoms with Gasteiger partial charge in [0.05, 0.1) is 17.9 Å². The Hall–Kier alpha value is -0.900. The minimum atomic E-state index is 0.490. The number of hydrogen-bond donors (Lipinski definition) is 1. The van der Waals surface area contributed by atoms with Crippen LogP contribution in [0.1, 0.15) is 50.8 Å². The summed E-state index contributed by atoms with van der Waals surface area (Å²) in [5.74, 6) is 0.870. The van der Waals surface area contributed by atoms with Gasteiger partial charge in [0.15, 0.2) is 0 Å². The van der Waals surface area contributed by atoms with Gasteiger partial charge in [-0.15, -0.1) is 5.10 Å². The highest BCUT2D eigenvalue weighted by Crippen LogP contribution is 2.33. The average molecular weight is 208 g/mol. The van der Waals surface area contributed by atoms with Crippen molar-refractivity contribution in [1.29, 1.82) is 0 Å². The zero-order valence-electron chi connectivity index (χ0n) is 9.39. The molecule has 0 radical (unpaired) electrons. The van der Waals surface area contributed by atoms with Crippen molar-refractivity contribution in [2.75, 3.05) is 0 Å². The quantitative estimate of drug-likeness (QED) is 0.825. The summed E-state index contributed by atoms with van der Waals surface area (Å²) < 4.78 is 2.02. The fraction of sp³-hybridized carbons (Fsp3) is 0.818. The van der Waals surface area contributed by atoms with E-state index in [0.717, 1.165) is 11.6 Å². The fourth-order valence-electron chi connectivity index (χ4n) is 2.46. The molecule has 2 unspecified atom stereocenters. The molecular formula is C11H20N4. The predicted octanol–water partition coefficient (Wildman–Crippen LogP) is 1.88. The van der Waals surface area contributed by atoms with Crippen LogP contribution < -0.4 is 5.73 Å². The Labute approximate surface area is 90.8 Å². The van der Waals surface area contributed by atoms with Crippen LogP contribution in [0.4, 0.5) is 0 Å². The van der Waals surface area contributed by atoms with Crippen molar-refractivity contribution < 1.29 is 0 Å². The first-order chi connectivity index (χ1) is 7.33. The lowest BCUT2D eigenvalue weighted by molar-refractivity contribution is 0.245. The minimum absolute atomic E-state index is 0.490. The lowest BCUT2D eigenvalue weighted by Gasteiger charge is -2.28. The van der Waals surface area contributed by atoms with Gasteiger partial charge in [0.1, 0.15) is 0 Å². The standard InChI is InChI=1S/C11H20N4/c1-2-9-4-3-5-11(6-9)15-8-10(7-12)13-14-15/h8-9,11H,2-7,12H2,1H3. The fourth-order valence-corrected chi connectivity index (χ4v) is 2.46. The number of nitrogens with two attached hydrogens (primary N) is 1. The molecule has 1 saturated carbocycles. The third kappa shape index (κ3) is 2.37. The molecule has 1 aliphatic rings. The van der Waals surface area contributed by atoms with Crippen molar-refractivity contribution in [1.82, 2.24) is 15.0 Å². The summed E-state index contributed by atoms with van der Waals surface area (Å²) in [6, 6.07) is 0.552. The van der Waals surface area contributed by atoms with Crippen LogP contribution in [0.15, 0.2) is 6.20 Å². The van der Waals surface area contributed by atoms with Crippen LogP contribution in [0, 0.1) is 5.92 Å². The maximum atomic E-state index is 5.53. The van der Waals surface area contributed by atoms with Crippen LogP contribution in [-0.4, -0.2) is 15.0 Å². The van der Waals surface area contributed by atoms with Crippen molar-refractivity contribution >= 4 is 0 Å². The van der Waals surface area contributed by atoms with Crippen molar-refractivity contribution in [3.8, 4) is 0 Å². The molecule has 0 saturated heterocycles. The Morgan fingerprint density at radius 3 is 3.07 bits per heavy atom. The summed E-state index contributed by atoms with van der Waals surface area (Å²) in [5, 5.41) is 8.21. The molecule has 1 heterocycles. The zero-order chi connectivity index (χ0) is 10.7. The second-order valence-corrected chi connectivity index (χ2v) is 4.49. The van der Waals surface area contributed by atoms with E-state index in [1.807, 2.05) is 10.9 Å². The van der Waals surface area contributed by atoms with Crippen molar-refractivity contribution in [2.24, 2.45) is 11.7 Å². The van der Waals surface area contributed by atoms with Crippen molar-refractivity contribution in [3.63, 3.8) is 0 Å². The first-order valence-corrected chi connectivity index (χ1v) is 5.94. The van der Waals surface area contributed by atoms with Gasteiger partial charge in [0.2, 0.25) is 0 Å². The molecule has 1 aromatic heterocycles. The van der Waals surface area contributed by atoms with E-state index >= 15 is 0 Å². The van der Waals surface area contributed by atoms with Gasteiger partial charge in [-0.05, 0) is 18.8 Å². The molecule has 1 fully saturated rings. The Morgan fingerprint density at radius 2 is 2.40 bits per heavy atom. The molecule has 1 aromatic rings. The second-order valence-electron chi connectivity index (χ2n) is 4.49. The Kier molecular flexibility index (Phi) is 3.36. The average Bonchev–Trinajstić information content (AvgIpc) is 2.78. The molecular weight excluding hydrogens is 188 g/mol. The van der Waals surface area contributed by atoms with Crippen LogP contribution in [0.2, 0.25) is 0 Å². The van der Waals surface area contributed by atoms with Gasteiger partial charge < -0.3 is 5.73 Å². The highest BCUT2D eigenvalue weighted by atomic mass is 15.4. The minimum Gasteiger partial charge on any atom is -0.325 e. The molecule has 4 nitrogen and oxygen atoms in total. The summed E-state index contributed by atoms with van der Waals surface area (Å²) in [7, 11) is 0. The van der Waals surface area contributed by atoms with Crippen LogP contribution in [0.5, 0.6) is 0 Å². The molecule has 0 spiro atoms. The van der Waals surface area contributed by atoms with E-state index in [1.165, 1.54) is 32.1 Å². The smallest absolute Gasteiger partial charge is 0.0962 e. The summed E-state index contributed by atoms with van der Waals surface area (Å²) in [4.78, 5) is 0. The monoisotopic (exact) mass is 208 g/mol. The van der Waals surface area contributed by atoms with Gasteiger partial charge in [-0.2, -0.15) is 0 Å². The second kappa shape index (κ2) is 4.75. The summed E-state index contributed by atoms with van der Waals surface area (Å²) in [6.45, 7) is 2.77. The third-order valence-corrected chi connectivity index (χ3v) is 3.47. The summed E-state index contributed by atoms with van der Waals surface area (Å²) >= 11 is 0. The van der Waals surface area contributed by atoms with E-state index in [-0.39, 0.29) is 0 Å². The first kappa shape index (κ1) is 10.6. The molecule has 2 N–H and O–H groups in total. The molecule has 4 heteroatoms. The predicted molar refractivity (Wildman–Crippen MR) is 59.2 cm³/mol. The molecule has 0 bridgehead atoms. The third-order valence-electron chi connectivity index (χ3n) is 3.47.